The van der Waals surface area contributed by atoms with Crippen molar-refractivity contribution in [1.29, 1.82) is 0 Å². The summed E-state index contributed by atoms with van der Waals surface area (Å²) < 4.78 is 0. The van der Waals surface area contributed by atoms with Crippen LogP contribution in [0.15, 0.2) is 0 Å². The van der Waals surface area contributed by atoms with E-state index in [4.69, 9.17) is 0 Å². The smallest absolute Gasteiger partial charge is 0.293 e. The third-order valence-electron chi connectivity index (χ3n) is 3.99. The zero-order chi connectivity index (χ0) is 14.8. The van der Waals surface area contributed by atoms with E-state index in [2.05, 4.69) is 15.2 Å². The van der Waals surface area contributed by atoms with Gasteiger partial charge < -0.3 is 4.90 Å². The Morgan fingerprint density at radius 2 is 1.95 bits per heavy atom. The summed E-state index contributed by atoms with van der Waals surface area (Å²) in [5, 5.41) is 6.95. The topological polar surface area (TPSA) is 61.9 Å². The molecule has 1 aliphatic carbocycles. The third-order valence-corrected chi connectivity index (χ3v) is 3.99. The lowest BCUT2D eigenvalue weighted by Crippen LogP contribution is -2.33. The van der Waals surface area contributed by atoms with Crippen molar-refractivity contribution in [2.24, 2.45) is 5.92 Å². The van der Waals surface area contributed by atoms with Crippen LogP contribution in [0.1, 0.15) is 69.3 Å². The zero-order valence-corrected chi connectivity index (χ0v) is 13.1. The van der Waals surface area contributed by atoms with Crippen molar-refractivity contribution in [3.8, 4) is 0 Å². The third kappa shape index (κ3) is 3.58. The molecule has 112 valence electrons. The summed E-state index contributed by atoms with van der Waals surface area (Å²) in [6.07, 6.45) is 6.39. The molecule has 1 N–H and O–H groups in total. The van der Waals surface area contributed by atoms with E-state index in [1.54, 1.807) is 4.90 Å². The standard InChI is InChI=1S/C15H26N4O/c1-15(2,3)14-16-12(17-18-14)13(20)19(4)10-11-8-6-5-7-9-11/h11H,5-10H2,1-4H3,(H,16,17,18). The van der Waals surface area contributed by atoms with Crippen LogP contribution >= 0.6 is 0 Å². The maximum Gasteiger partial charge on any atom is 0.293 e. The summed E-state index contributed by atoms with van der Waals surface area (Å²) in [7, 11) is 1.85. The van der Waals surface area contributed by atoms with Gasteiger partial charge in [0.05, 0.1) is 0 Å². The Morgan fingerprint density at radius 1 is 1.30 bits per heavy atom. The van der Waals surface area contributed by atoms with Crippen molar-refractivity contribution in [2.75, 3.05) is 13.6 Å². The first-order valence-corrected chi connectivity index (χ1v) is 7.56. The molecule has 1 aliphatic rings. The summed E-state index contributed by atoms with van der Waals surface area (Å²) >= 11 is 0. The van der Waals surface area contributed by atoms with Crippen LogP contribution in [-0.4, -0.2) is 39.6 Å². The highest BCUT2D eigenvalue weighted by Crippen LogP contribution is 2.24. The monoisotopic (exact) mass is 278 g/mol. The Kier molecular flexibility index (Phi) is 4.45. The van der Waals surface area contributed by atoms with Gasteiger partial charge in [0.15, 0.2) is 0 Å². The van der Waals surface area contributed by atoms with Crippen molar-refractivity contribution in [1.82, 2.24) is 20.1 Å². The fourth-order valence-corrected chi connectivity index (χ4v) is 2.70. The maximum absolute atomic E-state index is 12.3. The first kappa shape index (κ1) is 15.0. The number of nitrogens with one attached hydrogen (secondary N) is 1. The largest absolute Gasteiger partial charge is 0.339 e. The predicted molar refractivity (Wildman–Crippen MR) is 78.6 cm³/mol. The van der Waals surface area contributed by atoms with E-state index in [1.165, 1.54) is 32.1 Å². The average molecular weight is 278 g/mol. The van der Waals surface area contributed by atoms with Crippen molar-refractivity contribution < 1.29 is 4.79 Å². The quantitative estimate of drug-likeness (QED) is 0.924. The maximum atomic E-state index is 12.3. The second-order valence-electron chi connectivity index (χ2n) is 6.95. The van der Waals surface area contributed by atoms with Gasteiger partial charge in [-0.05, 0) is 18.8 Å². The lowest BCUT2D eigenvalue weighted by atomic mass is 9.89. The van der Waals surface area contributed by atoms with Crippen LogP contribution in [0.5, 0.6) is 0 Å². The number of nitrogens with zero attached hydrogens (tertiary/aromatic N) is 3. The van der Waals surface area contributed by atoms with Crippen molar-refractivity contribution in [3.63, 3.8) is 0 Å². The molecule has 5 nitrogen and oxygen atoms in total. The van der Waals surface area contributed by atoms with Gasteiger partial charge in [-0.1, -0.05) is 40.0 Å². The fraction of sp³-hybridized carbons (Fsp3) is 0.800. The molecular formula is C15H26N4O. The molecule has 1 fully saturated rings. The molecule has 0 aromatic carbocycles. The van der Waals surface area contributed by atoms with E-state index < -0.39 is 0 Å². The molecule has 0 saturated heterocycles. The minimum absolute atomic E-state index is 0.0812. The molecule has 5 heteroatoms. The number of aromatic nitrogens is 3. The van der Waals surface area contributed by atoms with Crippen LogP contribution in [0.3, 0.4) is 0 Å². The van der Waals surface area contributed by atoms with E-state index in [9.17, 15) is 4.79 Å². The number of hydrogen-bond acceptors (Lipinski definition) is 3. The number of carbonyl (C=O) groups excluding carboxylic acids is 1. The summed E-state index contributed by atoms with van der Waals surface area (Å²) in [4.78, 5) is 18.4. The van der Waals surface area contributed by atoms with Gasteiger partial charge >= 0.3 is 0 Å². The van der Waals surface area contributed by atoms with Gasteiger partial charge in [-0.2, -0.15) is 0 Å². The van der Waals surface area contributed by atoms with Crippen molar-refractivity contribution in [3.05, 3.63) is 11.6 Å². The molecule has 0 bridgehead atoms. The van der Waals surface area contributed by atoms with Gasteiger partial charge in [-0.25, -0.2) is 4.98 Å². The molecule has 1 amide bonds. The first-order chi connectivity index (χ1) is 9.38. The van der Waals surface area contributed by atoms with E-state index in [0.29, 0.717) is 5.92 Å². The molecule has 1 heterocycles. The highest BCUT2D eigenvalue weighted by Gasteiger charge is 2.24. The van der Waals surface area contributed by atoms with Crippen LogP contribution in [0, 0.1) is 5.92 Å². The van der Waals surface area contributed by atoms with E-state index >= 15 is 0 Å². The number of amides is 1. The number of aromatic amines is 1. The van der Waals surface area contributed by atoms with Gasteiger partial charge in [0.25, 0.3) is 5.91 Å². The average Bonchev–Trinajstić information content (AvgIpc) is 2.88. The number of hydrogen-bond donors (Lipinski definition) is 1. The van der Waals surface area contributed by atoms with E-state index in [1.807, 2.05) is 27.8 Å². The zero-order valence-electron chi connectivity index (χ0n) is 13.1. The summed E-state index contributed by atoms with van der Waals surface area (Å²) in [6.45, 7) is 6.97. The molecule has 0 atom stereocenters. The minimum Gasteiger partial charge on any atom is -0.339 e. The number of carbonyl (C=O) groups is 1. The molecular weight excluding hydrogens is 252 g/mol. The number of H-pyrrole nitrogens is 1. The Hall–Kier alpha value is -1.39. The summed E-state index contributed by atoms with van der Waals surface area (Å²) in [5.74, 6) is 1.60. The second-order valence-corrected chi connectivity index (χ2v) is 6.95. The Bertz CT molecular complexity index is 455. The molecule has 1 aromatic rings. The SMILES string of the molecule is CN(CC1CCCCC1)C(=O)c1n[nH]c(C(C)(C)C)n1. The van der Waals surface area contributed by atoms with Gasteiger partial charge in [-0.3, -0.25) is 9.89 Å². The molecule has 2 rings (SSSR count). The molecule has 0 radical (unpaired) electrons. The Balaban J connectivity index is 1.97. The Labute approximate surface area is 121 Å². The highest BCUT2D eigenvalue weighted by atomic mass is 16.2. The fourth-order valence-electron chi connectivity index (χ4n) is 2.70. The highest BCUT2D eigenvalue weighted by molar-refractivity contribution is 5.90. The number of rotatable bonds is 3. The van der Waals surface area contributed by atoms with Crippen molar-refractivity contribution >= 4 is 5.91 Å². The van der Waals surface area contributed by atoms with Crippen LogP contribution in [0.25, 0.3) is 0 Å². The lowest BCUT2D eigenvalue weighted by Gasteiger charge is -2.26. The van der Waals surface area contributed by atoms with E-state index in [0.717, 1.165) is 12.4 Å². The van der Waals surface area contributed by atoms with Gasteiger partial charge in [-0.15, -0.1) is 5.10 Å². The molecule has 20 heavy (non-hydrogen) atoms. The first-order valence-electron chi connectivity index (χ1n) is 7.56. The van der Waals surface area contributed by atoms with E-state index in [-0.39, 0.29) is 17.1 Å². The minimum atomic E-state index is -0.118. The molecule has 0 spiro atoms. The van der Waals surface area contributed by atoms with Crippen LogP contribution in [0.2, 0.25) is 0 Å². The second kappa shape index (κ2) is 5.94. The molecule has 0 aliphatic heterocycles. The molecule has 0 unspecified atom stereocenters. The van der Waals surface area contributed by atoms with Gasteiger partial charge in [0.1, 0.15) is 5.82 Å². The van der Waals surface area contributed by atoms with Crippen molar-refractivity contribution in [2.45, 2.75) is 58.3 Å². The lowest BCUT2D eigenvalue weighted by molar-refractivity contribution is 0.0749. The van der Waals surface area contributed by atoms with Crippen LogP contribution in [-0.2, 0) is 5.41 Å². The Morgan fingerprint density at radius 3 is 2.50 bits per heavy atom. The van der Waals surface area contributed by atoms with Crippen LogP contribution in [0.4, 0.5) is 0 Å². The predicted octanol–water partition coefficient (Wildman–Crippen LogP) is 2.75. The van der Waals surface area contributed by atoms with Gasteiger partial charge in [0.2, 0.25) is 5.82 Å². The molecule has 1 aromatic heterocycles. The summed E-state index contributed by atoms with van der Waals surface area (Å²) in [6, 6.07) is 0. The van der Waals surface area contributed by atoms with Crippen LogP contribution < -0.4 is 0 Å². The van der Waals surface area contributed by atoms with Gasteiger partial charge in [0, 0.05) is 19.0 Å². The molecule has 1 saturated carbocycles. The summed E-state index contributed by atoms with van der Waals surface area (Å²) in [5.41, 5.74) is -0.118. The normalized spacial score (nSPS) is 17.2.